The Kier molecular flexibility index (Phi) is 9.42. The van der Waals surface area contributed by atoms with Gasteiger partial charge in [0.1, 0.15) is 23.3 Å². The van der Waals surface area contributed by atoms with Gasteiger partial charge in [-0.05, 0) is 31.5 Å². The number of nitrogens with one attached hydrogen (secondary N) is 1. The van der Waals surface area contributed by atoms with Crippen LogP contribution in [0.15, 0.2) is 30.5 Å². The summed E-state index contributed by atoms with van der Waals surface area (Å²) < 4.78 is 33.7. The first kappa shape index (κ1) is 27.9. The number of benzene rings is 1. The van der Waals surface area contributed by atoms with Gasteiger partial charge in [0.25, 0.3) is 5.91 Å². The van der Waals surface area contributed by atoms with Gasteiger partial charge >= 0.3 is 6.03 Å². The smallest absolute Gasteiger partial charge is 0.321 e. The van der Waals surface area contributed by atoms with Crippen LogP contribution in [0.5, 0.6) is 5.88 Å². The number of amides is 3. The minimum absolute atomic E-state index is 0.0681. The lowest BCUT2D eigenvalue weighted by atomic mass is 10.00. The van der Waals surface area contributed by atoms with Crippen molar-refractivity contribution in [2.75, 3.05) is 32.1 Å². The van der Waals surface area contributed by atoms with Crippen molar-refractivity contribution in [3.8, 4) is 17.7 Å². The maximum atomic E-state index is 14.0. The van der Waals surface area contributed by atoms with Gasteiger partial charge in [-0.25, -0.2) is 18.6 Å². The molecule has 1 aliphatic heterocycles. The summed E-state index contributed by atoms with van der Waals surface area (Å²) >= 11 is 0. The fourth-order valence-electron chi connectivity index (χ4n) is 3.83. The number of fused-ring (bicyclic) bond motifs is 1. The Labute approximate surface area is 215 Å². The lowest BCUT2D eigenvalue weighted by molar-refractivity contribution is 0.0356. The minimum atomic E-state index is -0.762. The average Bonchev–Trinajstić information content (AvgIpc) is 2.88. The number of aliphatic hydroxyl groups excluding tert-OH is 1. The number of hydrogen-bond acceptors (Lipinski definition) is 5. The van der Waals surface area contributed by atoms with Crippen molar-refractivity contribution in [1.82, 2.24) is 14.8 Å². The molecule has 2 aromatic rings. The van der Waals surface area contributed by atoms with Crippen molar-refractivity contribution in [2.45, 2.75) is 45.8 Å². The van der Waals surface area contributed by atoms with E-state index in [1.807, 2.05) is 13.8 Å². The van der Waals surface area contributed by atoms with Gasteiger partial charge in [-0.2, -0.15) is 0 Å². The largest absolute Gasteiger partial charge is 0.472 e. The normalized spacial score (nSPS) is 17.9. The second-order valence-electron chi connectivity index (χ2n) is 9.19. The highest BCUT2D eigenvalue weighted by atomic mass is 19.1. The molecule has 0 bridgehead atoms. The third-order valence-electron chi connectivity index (χ3n) is 6.10. The Hall–Kier alpha value is -3.71. The zero-order chi connectivity index (χ0) is 27.1. The van der Waals surface area contributed by atoms with Gasteiger partial charge in [0.2, 0.25) is 5.88 Å². The van der Waals surface area contributed by atoms with Crippen molar-refractivity contribution in [1.29, 1.82) is 0 Å². The number of carbonyl (C=O) groups is 2. The lowest BCUT2D eigenvalue weighted by Gasteiger charge is -2.37. The van der Waals surface area contributed by atoms with Gasteiger partial charge in [0.05, 0.1) is 24.9 Å². The number of hydrogen-bond donors (Lipinski definition) is 2. The predicted octanol–water partition coefficient (Wildman–Crippen LogP) is 3.90. The van der Waals surface area contributed by atoms with E-state index < -0.39 is 29.8 Å². The molecule has 0 fully saturated rings. The van der Waals surface area contributed by atoms with Crippen LogP contribution in [0.1, 0.15) is 49.5 Å². The molecule has 1 aromatic carbocycles. The molecular formula is C27H32F2N4O4. The number of unbranched alkanes of at least 4 members (excludes halogenated alkanes) is 1. The maximum Gasteiger partial charge on any atom is 0.321 e. The molecule has 10 heteroatoms. The van der Waals surface area contributed by atoms with Crippen LogP contribution < -0.4 is 10.1 Å². The summed E-state index contributed by atoms with van der Waals surface area (Å²) in [5, 5.41) is 12.1. The zero-order valence-corrected chi connectivity index (χ0v) is 21.4. The van der Waals surface area contributed by atoms with E-state index in [4.69, 9.17) is 4.74 Å². The fourth-order valence-corrected chi connectivity index (χ4v) is 3.83. The SMILES string of the molecule is CCCC#Cc1cnc2c(c1)C(=O)N([C@H](C)CO)C[C@H](C)[C@@H](CN(C)C(=O)Nc1cc(F)ccc1F)O2. The summed E-state index contributed by atoms with van der Waals surface area (Å²) in [6.07, 6.45) is 2.55. The van der Waals surface area contributed by atoms with E-state index in [9.17, 15) is 23.5 Å². The molecular weight excluding hydrogens is 482 g/mol. The Bertz CT molecular complexity index is 1200. The second-order valence-corrected chi connectivity index (χ2v) is 9.19. The molecule has 0 aliphatic carbocycles. The molecule has 0 radical (unpaired) electrons. The number of pyridine rings is 1. The standard InChI is InChI=1S/C27H32F2N4O4/c1-5-6-7-8-19-11-21-25(30-13-19)37-24(17(2)14-33(26(21)35)18(3)16-34)15-32(4)27(36)31-23-12-20(28)9-10-22(23)29/h9-13,17-18,24,34H,5-6,14-16H2,1-4H3,(H,31,36)/t17-,18+,24+/m0/s1. The summed E-state index contributed by atoms with van der Waals surface area (Å²) in [7, 11) is 1.50. The molecule has 0 spiro atoms. The van der Waals surface area contributed by atoms with Gasteiger partial charge < -0.3 is 25.0 Å². The molecule has 2 heterocycles. The van der Waals surface area contributed by atoms with E-state index in [2.05, 4.69) is 22.1 Å². The third kappa shape index (κ3) is 6.95. The number of likely N-dealkylation sites (N-methyl/N-ethyl adjacent to an activating group) is 1. The Morgan fingerprint density at radius 3 is 2.84 bits per heavy atom. The van der Waals surface area contributed by atoms with E-state index in [0.717, 1.165) is 24.6 Å². The van der Waals surface area contributed by atoms with Crippen molar-refractivity contribution < 1.29 is 28.2 Å². The maximum absolute atomic E-state index is 14.0. The molecule has 3 rings (SSSR count). The van der Waals surface area contributed by atoms with Gasteiger partial charge in [0.15, 0.2) is 0 Å². The van der Waals surface area contributed by atoms with Gasteiger partial charge in [-0.3, -0.25) is 4.79 Å². The quantitative estimate of drug-likeness (QED) is 0.571. The zero-order valence-electron chi connectivity index (χ0n) is 21.4. The number of urea groups is 1. The molecule has 8 nitrogen and oxygen atoms in total. The molecule has 3 amide bonds. The summed E-state index contributed by atoms with van der Waals surface area (Å²) in [6, 6.07) is 3.30. The number of aromatic nitrogens is 1. The molecule has 37 heavy (non-hydrogen) atoms. The van der Waals surface area contributed by atoms with Crippen LogP contribution in [-0.4, -0.2) is 70.7 Å². The Balaban J connectivity index is 1.88. The van der Waals surface area contributed by atoms with Gasteiger partial charge in [-0.15, -0.1) is 0 Å². The summed E-state index contributed by atoms with van der Waals surface area (Å²) in [4.78, 5) is 33.4. The van der Waals surface area contributed by atoms with Crippen LogP contribution in [0.3, 0.4) is 0 Å². The van der Waals surface area contributed by atoms with E-state index in [1.54, 1.807) is 17.9 Å². The third-order valence-corrected chi connectivity index (χ3v) is 6.10. The van der Waals surface area contributed by atoms with Crippen LogP contribution in [-0.2, 0) is 0 Å². The fraction of sp³-hybridized carbons (Fsp3) is 0.444. The number of nitrogens with zero attached hydrogens (tertiary/aromatic N) is 3. The number of carbonyl (C=O) groups excluding carboxylic acids is 2. The predicted molar refractivity (Wildman–Crippen MR) is 135 cm³/mol. The average molecular weight is 515 g/mol. The number of rotatable bonds is 6. The molecule has 0 saturated carbocycles. The highest BCUT2D eigenvalue weighted by Crippen LogP contribution is 2.27. The molecule has 3 atom stereocenters. The van der Waals surface area contributed by atoms with Crippen LogP contribution in [0.4, 0.5) is 19.3 Å². The number of halogens is 2. The van der Waals surface area contributed by atoms with Crippen LogP contribution in [0, 0.1) is 29.4 Å². The van der Waals surface area contributed by atoms with Gasteiger partial charge in [-0.1, -0.05) is 25.7 Å². The van der Waals surface area contributed by atoms with E-state index in [1.165, 1.54) is 18.1 Å². The first-order valence-electron chi connectivity index (χ1n) is 12.2. The van der Waals surface area contributed by atoms with Crippen molar-refractivity contribution in [2.24, 2.45) is 5.92 Å². The highest BCUT2D eigenvalue weighted by Gasteiger charge is 2.34. The first-order chi connectivity index (χ1) is 17.6. The van der Waals surface area contributed by atoms with Crippen LogP contribution in [0.25, 0.3) is 0 Å². The highest BCUT2D eigenvalue weighted by molar-refractivity contribution is 5.97. The number of anilines is 1. The van der Waals surface area contributed by atoms with Crippen LogP contribution in [0.2, 0.25) is 0 Å². The van der Waals surface area contributed by atoms with Crippen molar-refractivity contribution >= 4 is 17.6 Å². The Morgan fingerprint density at radius 1 is 1.38 bits per heavy atom. The number of aliphatic hydroxyl groups is 1. The van der Waals surface area contributed by atoms with Crippen molar-refractivity contribution in [3.63, 3.8) is 0 Å². The molecule has 0 saturated heterocycles. The molecule has 2 N–H and O–H groups in total. The topological polar surface area (TPSA) is 95.0 Å². The summed E-state index contributed by atoms with van der Waals surface area (Å²) in [5.41, 5.74) is 0.509. The second kappa shape index (κ2) is 12.5. The van der Waals surface area contributed by atoms with Crippen LogP contribution >= 0.6 is 0 Å². The van der Waals surface area contributed by atoms with Crippen molar-refractivity contribution in [3.05, 3.63) is 53.2 Å². The number of ether oxygens (including phenoxy) is 1. The Morgan fingerprint density at radius 2 is 2.14 bits per heavy atom. The van der Waals surface area contributed by atoms with E-state index >= 15 is 0 Å². The molecule has 0 unspecified atom stereocenters. The van der Waals surface area contributed by atoms with Gasteiger partial charge in [0, 0.05) is 43.8 Å². The molecule has 1 aromatic heterocycles. The minimum Gasteiger partial charge on any atom is -0.472 e. The lowest BCUT2D eigenvalue weighted by Crippen LogP contribution is -2.50. The van der Waals surface area contributed by atoms with E-state index in [0.29, 0.717) is 12.0 Å². The molecule has 198 valence electrons. The summed E-state index contributed by atoms with van der Waals surface area (Å²) in [5.74, 6) is 4.09. The van der Waals surface area contributed by atoms with E-state index in [-0.39, 0.29) is 48.7 Å². The summed E-state index contributed by atoms with van der Waals surface area (Å²) in [6.45, 7) is 5.72. The monoisotopic (exact) mass is 514 g/mol. The molecule has 1 aliphatic rings. The first-order valence-corrected chi connectivity index (χ1v) is 12.2.